The molecule has 1 unspecified atom stereocenters. The molecule has 2 N–H and O–H groups in total. The van der Waals surface area contributed by atoms with Gasteiger partial charge in [-0.05, 0) is 18.3 Å². The fraction of sp³-hybridized carbons (Fsp3) is 0.818. The molecule has 2 atom stereocenters. The standard InChI is InChI=1S/C11H19NO4/c1-11(2,3)8(10(14)15)12-9(13)7-5-4-6-16-7/h7-8H,4-6H2,1-3H3,(H,12,13)(H,14,15)/t7-,8?/m0/s1. The smallest absolute Gasteiger partial charge is 0.326 e. The van der Waals surface area contributed by atoms with Crippen LogP contribution in [0.15, 0.2) is 0 Å². The third-order valence-electron chi connectivity index (χ3n) is 2.62. The van der Waals surface area contributed by atoms with Crippen molar-refractivity contribution in [3.8, 4) is 0 Å². The molecule has 0 bridgehead atoms. The summed E-state index contributed by atoms with van der Waals surface area (Å²) in [4.78, 5) is 22.7. The molecule has 5 heteroatoms. The van der Waals surface area contributed by atoms with Crippen LogP contribution in [0, 0.1) is 5.41 Å². The second kappa shape index (κ2) is 4.82. The molecule has 0 aromatic rings. The number of hydrogen-bond donors (Lipinski definition) is 2. The molecule has 0 aliphatic carbocycles. The van der Waals surface area contributed by atoms with Gasteiger partial charge in [-0.1, -0.05) is 20.8 Å². The highest BCUT2D eigenvalue weighted by Crippen LogP contribution is 2.20. The van der Waals surface area contributed by atoms with Crippen LogP contribution in [0.25, 0.3) is 0 Å². The molecule has 5 nitrogen and oxygen atoms in total. The van der Waals surface area contributed by atoms with Crippen molar-refractivity contribution in [3.63, 3.8) is 0 Å². The van der Waals surface area contributed by atoms with Gasteiger partial charge in [0.05, 0.1) is 0 Å². The maximum Gasteiger partial charge on any atom is 0.326 e. The first-order valence-electron chi connectivity index (χ1n) is 5.47. The van der Waals surface area contributed by atoms with Crippen LogP contribution < -0.4 is 5.32 Å². The van der Waals surface area contributed by atoms with Crippen LogP contribution in [-0.4, -0.2) is 35.7 Å². The van der Waals surface area contributed by atoms with Crippen molar-refractivity contribution in [2.75, 3.05) is 6.61 Å². The van der Waals surface area contributed by atoms with Gasteiger partial charge in [-0.15, -0.1) is 0 Å². The maximum atomic E-state index is 11.7. The summed E-state index contributed by atoms with van der Waals surface area (Å²) in [5.74, 6) is -1.33. The monoisotopic (exact) mass is 229 g/mol. The molecule has 1 amide bonds. The highest BCUT2D eigenvalue weighted by Gasteiger charge is 2.35. The van der Waals surface area contributed by atoms with Gasteiger partial charge in [-0.3, -0.25) is 4.79 Å². The molecule has 0 radical (unpaired) electrons. The largest absolute Gasteiger partial charge is 0.480 e. The van der Waals surface area contributed by atoms with Crippen molar-refractivity contribution >= 4 is 11.9 Å². The fourth-order valence-corrected chi connectivity index (χ4v) is 1.67. The van der Waals surface area contributed by atoms with E-state index in [4.69, 9.17) is 9.84 Å². The molecule has 1 saturated heterocycles. The minimum absolute atomic E-state index is 0.320. The predicted molar refractivity (Wildman–Crippen MR) is 58.0 cm³/mol. The second-order valence-electron chi connectivity index (χ2n) is 5.15. The van der Waals surface area contributed by atoms with Crippen LogP contribution in [0.3, 0.4) is 0 Å². The van der Waals surface area contributed by atoms with E-state index in [2.05, 4.69) is 5.32 Å². The van der Waals surface area contributed by atoms with E-state index in [1.54, 1.807) is 20.8 Å². The second-order valence-corrected chi connectivity index (χ2v) is 5.15. The first-order chi connectivity index (χ1) is 7.32. The van der Waals surface area contributed by atoms with Crippen LogP contribution in [0.2, 0.25) is 0 Å². The van der Waals surface area contributed by atoms with Gasteiger partial charge in [0, 0.05) is 6.61 Å². The summed E-state index contributed by atoms with van der Waals surface area (Å²) < 4.78 is 5.20. The molecule has 0 spiro atoms. The quantitative estimate of drug-likeness (QED) is 0.750. The molecule has 0 saturated carbocycles. The van der Waals surface area contributed by atoms with E-state index in [-0.39, 0.29) is 5.91 Å². The summed E-state index contributed by atoms with van der Waals surface area (Å²) in [5, 5.41) is 11.6. The highest BCUT2D eigenvalue weighted by molar-refractivity contribution is 5.86. The van der Waals surface area contributed by atoms with E-state index in [9.17, 15) is 9.59 Å². The lowest BCUT2D eigenvalue weighted by Crippen LogP contribution is -2.51. The third kappa shape index (κ3) is 3.20. The van der Waals surface area contributed by atoms with Crippen LogP contribution in [0.5, 0.6) is 0 Å². The number of carbonyl (C=O) groups is 2. The predicted octanol–water partition coefficient (Wildman–Crippen LogP) is 0.781. The van der Waals surface area contributed by atoms with Gasteiger partial charge in [0.2, 0.25) is 5.91 Å². The molecular weight excluding hydrogens is 210 g/mol. The lowest BCUT2D eigenvalue weighted by molar-refractivity contribution is -0.146. The number of aliphatic carboxylic acids is 1. The first kappa shape index (κ1) is 13.0. The third-order valence-corrected chi connectivity index (χ3v) is 2.62. The topological polar surface area (TPSA) is 75.6 Å². The van der Waals surface area contributed by atoms with Crippen molar-refractivity contribution in [1.82, 2.24) is 5.32 Å². The summed E-state index contributed by atoms with van der Waals surface area (Å²) in [6, 6.07) is -0.885. The molecule has 16 heavy (non-hydrogen) atoms. The lowest BCUT2D eigenvalue weighted by atomic mass is 9.86. The lowest BCUT2D eigenvalue weighted by Gasteiger charge is -2.28. The summed E-state index contributed by atoms with van der Waals surface area (Å²) in [6.45, 7) is 5.91. The van der Waals surface area contributed by atoms with E-state index in [0.717, 1.165) is 6.42 Å². The van der Waals surface area contributed by atoms with Crippen LogP contribution in [-0.2, 0) is 14.3 Å². The molecule has 0 aromatic heterocycles. The number of carboxylic acids is 1. The van der Waals surface area contributed by atoms with Gasteiger partial charge in [0.15, 0.2) is 0 Å². The summed E-state index contributed by atoms with van der Waals surface area (Å²) in [7, 11) is 0. The van der Waals surface area contributed by atoms with Crippen LogP contribution in [0.1, 0.15) is 33.6 Å². The number of amides is 1. The van der Waals surface area contributed by atoms with Gasteiger partial charge < -0.3 is 15.2 Å². The Kier molecular flexibility index (Phi) is 3.91. The average Bonchev–Trinajstić information content (AvgIpc) is 2.63. The Bertz CT molecular complexity index is 276. The molecule has 1 rings (SSSR count). The number of ether oxygens (including phenoxy) is 1. The van der Waals surface area contributed by atoms with Gasteiger partial charge in [0.1, 0.15) is 12.1 Å². The summed E-state index contributed by atoms with van der Waals surface area (Å²) >= 11 is 0. The maximum absolute atomic E-state index is 11.7. The van der Waals surface area contributed by atoms with E-state index in [0.29, 0.717) is 13.0 Å². The Balaban J connectivity index is 2.61. The molecular formula is C11H19NO4. The SMILES string of the molecule is CC(C)(C)C(NC(=O)[C@@H]1CCCO1)C(=O)O. The zero-order valence-electron chi connectivity index (χ0n) is 9.95. The Hall–Kier alpha value is -1.10. The molecule has 1 aliphatic rings. The Labute approximate surface area is 95.2 Å². The molecule has 1 heterocycles. The van der Waals surface area contributed by atoms with Crippen LogP contribution in [0.4, 0.5) is 0 Å². The summed E-state index contributed by atoms with van der Waals surface area (Å²) in [6.07, 6.45) is 1.04. The van der Waals surface area contributed by atoms with Crippen molar-refractivity contribution in [3.05, 3.63) is 0 Å². The number of carboxylic acid groups (broad SMARTS) is 1. The minimum Gasteiger partial charge on any atom is -0.480 e. The molecule has 0 aromatic carbocycles. The number of nitrogens with one attached hydrogen (secondary N) is 1. The number of carbonyl (C=O) groups excluding carboxylic acids is 1. The van der Waals surface area contributed by atoms with Crippen molar-refractivity contribution < 1.29 is 19.4 Å². The van der Waals surface area contributed by atoms with Crippen molar-refractivity contribution in [2.45, 2.75) is 45.8 Å². The Morgan fingerprint density at radius 1 is 1.44 bits per heavy atom. The average molecular weight is 229 g/mol. The van der Waals surface area contributed by atoms with E-state index < -0.39 is 23.5 Å². The number of rotatable bonds is 3. The van der Waals surface area contributed by atoms with Crippen molar-refractivity contribution in [1.29, 1.82) is 0 Å². The fourth-order valence-electron chi connectivity index (χ4n) is 1.67. The van der Waals surface area contributed by atoms with Crippen LogP contribution >= 0.6 is 0 Å². The first-order valence-corrected chi connectivity index (χ1v) is 5.47. The molecule has 1 aliphatic heterocycles. The van der Waals surface area contributed by atoms with E-state index in [1.807, 2.05) is 0 Å². The zero-order chi connectivity index (χ0) is 12.3. The Morgan fingerprint density at radius 2 is 2.06 bits per heavy atom. The number of hydrogen-bond acceptors (Lipinski definition) is 3. The highest BCUT2D eigenvalue weighted by atomic mass is 16.5. The van der Waals surface area contributed by atoms with Gasteiger partial charge in [-0.25, -0.2) is 4.79 Å². The van der Waals surface area contributed by atoms with Crippen molar-refractivity contribution in [2.24, 2.45) is 5.41 Å². The zero-order valence-corrected chi connectivity index (χ0v) is 9.95. The molecule has 1 fully saturated rings. The van der Waals surface area contributed by atoms with Gasteiger partial charge in [-0.2, -0.15) is 0 Å². The molecule has 92 valence electrons. The van der Waals surface area contributed by atoms with Gasteiger partial charge in [0.25, 0.3) is 0 Å². The Morgan fingerprint density at radius 3 is 2.44 bits per heavy atom. The van der Waals surface area contributed by atoms with Gasteiger partial charge >= 0.3 is 5.97 Å². The summed E-state index contributed by atoms with van der Waals surface area (Å²) in [5.41, 5.74) is -0.514. The van der Waals surface area contributed by atoms with E-state index in [1.165, 1.54) is 0 Å². The normalized spacial score (nSPS) is 22.8. The minimum atomic E-state index is -1.01. The van der Waals surface area contributed by atoms with E-state index >= 15 is 0 Å².